The van der Waals surface area contributed by atoms with Crippen molar-refractivity contribution < 1.29 is 22.4 Å². The molecular formula is C20H28FN3O4S. The minimum absolute atomic E-state index is 0.0241. The van der Waals surface area contributed by atoms with Crippen LogP contribution in [0.4, 0.5) is 10.1 Å². The van der Waals surface area contributed by atoms with Gasteiger partial charge in [-0.3, -0.25) is 14.5 Å². The minimum atomic E-state index is -3.09. The Morgan fingerprint density at radius 1 is 1.14 bits per heavy atom. The molecule has 0 radical (unpaired) electrons. The first kappa shape index (κ1) is 21.7. The summed E-state index contributed by atoms with van der Waals surface area (Å²) in [7, 11) is -1.42. The summed E-state index contributed by atoms with van der Waals surface area (Å²) in [5, 5.41) is 2.61. The summed E-state index contributed by atoms with van der Waals surface area (Å²) in [5.41, 5.74) is 0.360. The Bertz CT molecular complexity index is 855. The standard InChI is InChI=1S/C20H28FN3O4S/c1-23(12-19(25)22-16-6-4-5-15(21)11-16)13-20(26)24(17-7-2-3-8-17)18-9-10-29(27,28)14-18/h4-6,11,17-18H,2-3,7-10,12-14H2,1H3,(H,22,25)/t18-/m1/s1. The van der Waals surface area contributed by atoms with Crippen molar-refractivity contribution in [3.8, 4) is 0 Å². The normalized spacial score (nSPS) is 21.4. The topological polar surface area (TPSA) is 86.8 Å². The van der Waals surface area contributed by atoms with Crippen LogP contribution < -0.4 is 5.32 Å². The van der Waals surface area contributed by atoms with Crippen LogP contribution in [0.15, 0.2) is 24.3 Å². The molecule has 2 amide bonds. The maximum absolute atomic E-state index is 13.2. The van der Waals surface area contributed by atoms with Crippen molar-refractivity contribution in [1.82, 2.24) is 9.80 Å². The van der Waals surface area contributed by atoms with Crippen molar-refractivity contribution in [2.75, 3.05) is 37.0 Å². The number of nitrogens with one attached hydrogen (secondary N) is 1. The number of halogens is 1. The zero-order valence-corrected chi connectivity index (χ0v) is 17.5. The van der Waals surface area contributed by atoms with Gasteiger partial charge in [-0.1, -0.05) is 18.9 Å². The molecule has 29 heavy (non-hydrogen) atoms. The first-order chi connectivity index (χ1) is 13.7. The SMILES string of the molecule is CN(CC(=O)Nc1cccc(F)c1)CC(=O)N(C1CCCC1)[C@@H]1CCS(=O)(=O)C1. The molecule has 1 heterocycles. The average Bonchev–Trinajstić information content (AvgIpc) is 3.25. The van der Waals surface area contributed by atoms with Crippen LogP contribution in [-0.4, -0.2) is 73.8 Å². The van der Waals surface area contributed by atoms with E-state index in [0.29, 0.717) is 12.1 Å². The third-order valence-corrected chi connectivity index (χ3v) is 7.29. The highest BCUT2D eigenvalue weighted by Crippen LogP contribution is 2.29. The van der Waals surface area contributed by atoms with Gasteiger partial charge >= 0.3 is 0 Å². The van der Waals surface area contributed by atoms with Gasteiger partial charge in [0.05, 0.1) is 24.6 Å². The summed E-state index contributed by atoms with van der Waals surface area (Å²) in [6.07, 6.45) is 4.35. The Morgan fingerprint density at radius 2 is 1.86 bits per heavy atom. The van der Waals surface area contributed by atoms with Gasteiger partial charge in [-0.25, -0.2) is 12.8 Å². The summed E-state index contributed by atoms with van der Waals surface area (Å²) in [6, 6.07) is 5.43. The van der Waals surface area contributed by atoms with Crippen LogP contribution in [0.3, 0.4) is 0 Å². The number of nitrogens with zero attached hydrogens (tertiary/aromatic N) is 2. The fourth-order valence-electron chi connectivity index (χ4n) is 4.26. The Labute approximate surface area is 171 Å². The lowest BCUT2D eigenvalue weighted by Crippen LogP contribution is -2.50. The zero-order chi connectivity index (χ0) is 21.0. The van der Waals surface area contributed by atoms with E-state index in [0.717, 1.165) is 25.7 Å². The third-order valence-electron chi connectivity index (χ3n) is 5.53. The minimum Gasteiger partial charge on any atom is -0.335 e. The molecule has 1 aliphatic heterocycles. The molecule has 7 nitrogen and oxygen atoms in total. The van der Waals surface area contributed by atoms with Gasteiger partial charge in [0.1, 0.15) is 5.82 Å². The number of amides is 2. The van der Waals surface area contributed by atoms with Crippen molar-refractivity contribution >= 4 is 27.3 Å². The molecule has 2 fully saturated rings. The van der Waals surface area contributed by atoms with Gasteiger partial charge in [0.15, 0.2) is 9.84 Å². The van der Waals surface area contributed by atoms with E-state index in [9.17, 15) is 22.4 Å². The van der Waals surface area contributed by atoms with E-state index in [2.05, 4.69) is 5.32 Å². The highest BCUT2D eigenvalue weighted by Gasteiger charge is 2.39. The summed E-state index contributed by atoms with van der Waals surface area (Å²) in [4.78, 5) is 28.6. The van der Waals surface area contributed by atoms with Crippen LogP contribution in [0, 0.1) is 5.82 Å². The van der Waals surface area contributed by atoms with E-state index in [-0.39, 0.29) is 48.5 Å². The van der Waals surface area contributed by atoms with E-state index < -0.39 is 15.7 Å². The molecule has 0 spiro atoms. The number of carbonyl (C=O) groups is 2. The first-order valence-corrected chi connectivity index (χ1v) is 11.8. The van der Waals surface area contributed by atoms with E-state index in [4.69, 9.17) is 0 Å². The quantitative estimate of drug-likeness (QED) is 0.718. The summed E-state index contributed by atoms with van der Waals surface area (Å²) < 4.78 is 37.1. The molecule has 1 aliphatic carbocycles. The van der Waals surface area contributed by atoms with E-state index >= 15 is 0 Å². The molecule has 1 aromatic rings. The summed E-state index contributed by atoms with van der Waals surface area (Å²) in [5.74, 6) is -0.772. The maximum Gasteiger partial charge on any atom is 0.238 e. The molecule has 1 aromatic carbocycles. The molecule has 1 N–H and O–H groups in total. The van der Waals surface area contributed by atoms with Gasteiger partial charge < -0.3 is 10.2 Å². The highest BCUT2D eigenvalue weighted by atomic mass is 32.2. The number of sulfone groups is 1. The number of hydrogen-bond donors (Lipinski definition) is 1. The van der Waals surface area contributed by atoms with Crippen LogP contribution in [-0.2, 0) is 19.4 Å². The van der Waals surface area contributed by atoms with Crippen LogP contribution in [0.25, 0.3) is 0 Å². The van der Waals surface area contributed by atoms with Gasteiger partial charge in [0.25, 0.3) is 0 Å². The Morgan fingerprint density at radius 3 is 2.48 bits per heavy atom. The van der Waals surface area contributed by atoms with Crippen LogP contribution in [0.2, 0.25) is 0 Å². The van der Waals surface area contributed by atoms with Crippen molar-refractivity contribution in [3.63, 3.8) is 0 Å². The van der Waals surface area contributed by atoms with Gasteiger partial charge in [-0.2, -0.15) is 0 Å². The number of benzene rings is 1. The van der Waals surface area contributed by atoms with Crippen molar-refractivity contribution in [2.45, 2.75) is 44.2 Å². The summed E-state index contributed by atoms with van der Waals surface area (Å²) >= 11 is 0. The molecule has 1 saturated carbocycles. The van der Waals surface area contributed by atoms with Gasteiger partial charge in [0, 0.05) is 17.8 Å². The second kappa shape index (κ2) is 9.21. The first-order valence-electron chi connectivity index (χ1n) is 9.99. The van der Waals surface area contributed by atoms with Crippen molar-refractivity contribution in [1.29, 1.82) is 0 Å². The molecule has 2 aliphatic rings. The molecule has 0 unspecified atom stereocenters. The number of rotatable bonds is 7. The zero-order valence-electron chi connectivity index (χ0n) is 16.6. The smallest absolute Gasteiger partial charge is 0.238 e. The fraction of sp³-hybridized carbons (Fsp3) is 0.600. The number of carbonyl (C=O) groups excluding carboxylic acids is 2. The Kier molecular flexibility index (Phi) is 6.89. The van der Waals surface area contributed by atoms with Gasteiger partial charge in [-0.15, -0.1) is 0 Å². The van der Waals surface area contributed by atoms with Gasteiger partial charge in [0.2, 0.25) is 11.8 Å². The number of hydrogen-bond acceptors (Lipinski definition) is 5. The van der Waals surface area contributed by atoms with Crippen LogP contribution >= 0.6 is 0 Å². The molecule has 160 valence electrons. The lowest BCUT2D eigenvalue weighted by Gasteiger charge is -2.35. The third kappa shape index (κ3) is 5.99. The average molecular weight is 426 g/mol. The van der Waals surface area contributed by atoms with Gasteiger partial charge in [-0.05, 0) is 44.5 Å². The largest absolute Gasteiger partial charge is 0.335 e. The van der Waals surface area contributed by atoms with Crippen molar-refractivity contribution in [2.24, 2.45) is 0 Å². The Hall–Kier alpha value is -2.00. The molecule has 9 heteroatoms. The predicted octanol–water partition coefficient (Wildman–Crippen LogP) is 1.65. The highest BCUT2D eigenvalue weighted by molar-refractivity contribution is 7.91. The lowest BCUT2D eigenvalue weighted by atomic mass is 10.1. The molecule has 1 atom stereocenters. The number of likely N-dealkylation sites (N-methyl/N-ethyl adjacent to an activating group) is 1. The predicted molar refractivity (Wildman–Crippen MR) is 109 cm³/mol. The fourth-order valence-corrected chi connectivity index (χ4v) is 5.97. The number of anilines is 1. The van der Waals surface area contributed by atoms with Crippen LogP contribution in [0.5, 0.6) is 0 Å². The molecule has 1 saturated heterocycles. The molecular weight excluding hydrogens is 397 g/mol. The van der Waals surface area contributed by atoms with Crippen LogP contribution in [0.1, 0.15) is 32.1 Å². The van der Waals surface area contributed by atoms with Crippen molar-refractivity contribution in [3.05, 3.63) is 30.1 Å². The molecule has 0 aromatic heterocycles. The lowest BCUT2D eigenvalue weighted by molar-refractivity contribution is -0.136. The second-order valence-corrected chi connectivity index (χ2v) is 10.3. The van der Waals surface area contributed by atoms with E-state index in [1.54, 1.807) is 22.9 Å². The second-order valence-electron chi connectivity index (χ2n) is 8.03. The Balaban J connectivity index is 1.58. The monoisotopic (exact) mass is 425 g/mol. The summed E-state index contributed by atoms with van der Waals surface area (Å²) in [6.45, 7) is 0.00729. The maximum atomic E-state index is 13.2. The molecule has 3 rings (SSSR count). The van der Waals surface area contributed by atoms with E-state index in [1.807, 2.05) is 0 Å². The molecule has 0 bridgehead atoms. The van der Waals surface area contributed by atoms with E-state index in [1.165, 1.54) is 18.2 Å².